The summed E-state index contributed by atoms with van der Waals surface area (Å²) < 4.78 is 8.01. The van der Waals surface area contributed by atoms with Gasteiger partial charge in [0.1, 0.15) is 12.2 Å². The van der Waals surface area contributed by atoms with Gasteiger partial charge < -0.3 is 30.1 Å². The molecule has 1 aliphatic heterocycles. The molecular formula is C14H15BrClNO6. The van der Waals surface area contributed by atoms with Crippen LogP contribution in [-0.4, -0.2) is 55.0 Å². The van der Waals surface area contributed by atoms with Crippen LogP contribution in [-0.2, 0) is 14.6 Å². The molecule has 0 spiro atoms. The molecule has 3 rings (SSSR count). The molecule has 1 fully saturated rings. The number of aromatic nitrogens is 1. The minimum atomic E-state index is -2.20. The number of hydrogen-bond acceptors (Lipinski definition) is 6. The van der Waals surface area contributed by atoms with Gasteiger partial charge in [-0.3, -0.25) is 0 Å². The minimum Gasteiger partial charge on any atom is -0.392 e. The number of para-hydroxylation sites is 1. The molecule has 0 bridgehead atoms. The highest BCUT2D eigenvalue weighted by atomic mass is 79.9. The Balaban J connectivity index is 2.19. The summed E-state index contributed by atoms with van der Waals surface area (Å²) >= 11 is 8.38. The van der Waals surface area contributed by atoms with Crippen LogP contribution >= 0.6 is 27.8 Å². The monoisotopic (exact) mass is 407 g/mol. The number of H-pyrrole nitrogens is 1. The predicted molar refractivity (Wildman–Crippen MR) is 84.8 cm³/mol. The number of ether oxygens (including phenoxy) is 1. The van der Waals surface area contributed by atoms with Crippen molar-refractivity contribution in [1.29, 1.82) is 0 Å². The molecule has 1 aromatic heterocycles. The maximum Gasteiger partial charge on any atom is 0.208 e. The van der Waals surface area contributed by atoms with Crippen LogP contribution in [0.1, 0.15) is 5.56 Å². The molecule has 5 N–H and O–H groups in total. The van der Waals surface area contributed by atoms with Crippen LogP contribution in [0.2, 0.25) is 0 Å². The van der Waals surface area contributed by atoms with Crippen LogP contribution in [0.3, 0.4) is 0 Å². The van der Waals surface area contributed by atoms with E-state index in [0.717, 1.165) is 0 Å². The van der Waals surface area contributed by atoms with Gasteiger partial charge in [-0.25, -0.2) is 4.29 Å². The molecule has 1 aliphatic rings. The molecule has 23 heavy (non-hydrogen) atoms. The highest BCUT2D eigenvalue weighted by Crippen LogP contribution is 2.47. The number of halogens is 2. The van der Waals surface area contributed by atoms with Crippen molar-refractivity contribution >= 4 is 38.7 Å². The predicted octanol–water partition coefficient (Wildman–Crippen LogP) is 0.688. The van der Waals surface area contributed by atoms with Crippen molar-refractivity contribution in [3.05, 3.63) is 36.0 Å². The molecular weight excluding hydrogens is 394 g/mol. The third-order valence-corrected chi connectivity index (χ3v) is 5.22. The highest BCUT2D eigenvalue weighted by molar-refractivity contribution is 9.10. The highest BCUT2D eigenvalue weighted by Gasteiger charge is 2.63. The number of alkyl halides is 1. The molecule has 1 aromatic carbocycles. The fourth-order valence-electron chi connectivity index (χ4n) is 2.92. The van der Waals surface area contributed by atoms with Gasteiger partial charge in [0.2, 0.25) is 6.29 Å². The first-order chi connectivity index (χ1) is 10.9. The molecule has 1 saturated heterocycles. The van der Waals surface area contributed by atoms with Gasteiger partial charge in [0.15, 0.2) is 10.1 Å². The van der Waals surface area contributed by atoms with Crippen molar-refractivity contribution in [3.63, 3.8) is 0 Å². The Morgan fingerprint density at radius 2 is 2.04 bits per heavy atom. The zero-order valence-electron chi connectivity index (χ0n) is 11.7. The maximum absolute atomic E-state index is 11.2. The van der Waals surface area contributed by atoms with Gasteiger partial charge in [-0.1, -0.05) is 18.2 Å². The second kappa shape index (κ2) is 5.98. The zero-order chi connectivity index (χ0) is 16.8. The van der Waals surface area contributed by atoms with Crippen LogP contribution in [0.15, 0.2) is 30.5 Å². The van der Waals surface area contributed by atoms with E-state index in [1.807, 2.05) is 0 Å². The number of benzene rings is 1. The summed E-state index contributed by atoms with van der Waals surface area (Å²) in [6, 6.07) is 7.06. The summed E-state index contributed by atoms with van der Waals surface area (Å²) in [5, 5.41) is 42.3. The van der Waals surface area contributed by atoms with Crippen LogP contribution < -0.4 is 0 Å². The maximum atomic E-state index is 11.2. The Morgan fingerprint density at radius 1 is 1.35 bits per heavy atom. The molecule has 126 valence electrons. The van der Waals surface area contributed by atoms with Gasteiger partial charge in [-0.2, -0.15) is 0 Å². The van der Waals surface area contributed by atoms with E-state index >= 15 is 0 Å². The second-order valence-corrected chi connectivity index (χ2v) is 6.96. The van der Waals surface area contributed by atoms with Gasteiger partial charge >= 0.3 is 0 Å². The Bertz CT molecular complexity index is 713. The zero-order valence-corrected chi connectivity index (χ0v) is 14.0. The molecule has 7 nitrogen and oxygen atoms in total. The lowest BCUT2D eigenvalue weighted by Gasteiger charge is -2.50. The summed E-state index contributed by atoms with van der Waals surface area (Å²) in [6.45, 7) is -0.692. The summed E-state index contributed by atoms with van der Waals surface area (Å²) in [7, 11) is 0. The van der Waals surface area contributed by atoms with Crippen molar-refractivity contribution in [2.24, 2.45) is 0 Å². The van der Waals surface area contributed by atoms with Crippen molar-refractivity contribution in [2.45, 2.75) is 28.6 Å². The first-order valence-corrected chi connectivity index (χ1v) is 7.88. The SMILES string of the molecule is OC[C@@]1(Br)O[C@H](OCl)[C@H](O)[C@](O)(c2c[nH]c3ccccc23)[C@H]1O. The van der Waals surface area contributed by atoms with Crippen LogP contribution in [0.4, 0.5) is 0 Å². The lowest BCUT2D eigenvalue weighted by molar-refractivity contribution is -0.326. The minimum absolute atomic E-state index is 0.229. The van der Waals surface area contributed by atoms with E-state index in [0.29, 0.717) is 10.9 Å². The van der Waals surface area contributed by atoms with Crippen molar-refractivity contribution in [2.75, 3.05) is 6.61 Å². The van der Waals surface area contributed by atoms with E-state index in [-0.39, 0.29) is 5.56 Å². The molecule has 2 aromatic rings. The van der Waals surface area contributed by atoms with Gasteiger partial charge in [0, 0.05) is 22.7 Å². The van der Waals surface area contributed by atoms with E-state index < -0.39 is 35.2 Å². The van der Waals surface area contributed by atoms with E-state index in [9.17, 15) is 20.4 Å². The van der Waals surface area contributed by atoms with Crippen LogP contribution in [0.5, 0.6) is 0 Å². The topological polar surface area (TPSA) is 115 Å². The number of aromatic amines is 1. The Labute approximate surface area is 144 Å². The van der Waals surface area contributed by atoms with Gasteiger partial charge in [0.05, 0.1) is 18.5 Å². The molecule has 0 radical (unpaired) electrons. The number of rotatable bonds is 3. The van der Waals surface area contributed by atoms with Crippen molar-refractivity contribution < 1.29 is 29.5 Å². The third-order valence-electron chi connectivity index (χ3n) is 4.17. The summed E-state index contributed by atoms with van der Waals surface area (Å²) in [4.78, 5) is 2.96. The van der Waals surface area contributed by atoms with E-state index in [2.05, 4.69) is 25.2 Å². The quantitative estimate of drug-likeness (QED) is 0.477. The summed E-state index contributed by atoms with van der Waals surface area (Å²) in [5.41, 5.74) is -1.27. The first-order valence-electron chi connectivity index (χ1n) is 6.78. The standard InChI is InChI=1S/C14H15BrClNO6/c15-13(6-18)12(20)14(21,10(19)11(22-13)23-16)8-5-17-9-4-2-1-3-7(8)9/h1-5,10-12,17-21H,6H2/t10-,11+,12-,13+,14+/m0/s1. The van der Waals surface area contributed by atoms with E-state index in [1.165, 1.54) is 6.20 Å². The fraction of sp³-hybridized carbons (Fsp3) is 0.429. The largest absolute Gasteiger partial charge is 0.392 e. The Kier molecular flexibility index (Phi) is 4.45. The number of nitrogens with one attached hydrogen (secondary N) is 1. The van der Waals surface area contributed by atoms with Gasteiger partial charge in [-0.05, 0) is 22.0 Å². The van der Waals surface area contributed by atoms with Crippen LogP contribution in [0, 0.1) is 0 Å². The van der Waals surface area contributed by atoms with Crippen molar-refractivity contribution in [1.82, 2.24) is 4.98 Å². The number of aliphatic hydroxyl groups is 4. The Hall–Kier alpha value is -0.710. The third kappa shape index (κ3) is 2.41. The lowest BCUT2D eigenvalue weighted by Crippen LogP contribution is -2.68. The van der Waals surface area contributed by atoms with Crippen LogP contribution in [0.25, 0.3) is 10.9 Å². The summed E-state index contributed by atoms with van der Waals surface area (Å²) in [6.07, 6.45) is -3.42. The molecule has 5 atom stereocenters. The average molecular weight is 409 g/mol. The fourth-order valence-corrected chi connectivity index (χ4v) is 3.59. The summed E-state index contributed by atoms with van der Waals surface area (Å²) in [5.74, 6) is 0. The normalized spacial score (nSPS) is 38.1. The molecule has 2 heterocycles. The van der Waals surface area contributed by atoms with Gasteiger partial charge in [0.25, 0.3) is 0 Å². The number of aliphatic hydroxyl groups excluding tert-OH is 3. The van der Waals surface area contributed by atoms with Crippen molar-refractivity contribution in [3.8, 4) is 0 Å². The van der Waals surface area contributed by atoms with E-state index in [4.69, 9.17) is 16.6 Å². The van der Waals surface area contributed by atoms with Gasteiger partial charge in [-0.15, -0.1) is 0 Å². The number of hydrogen-bond donors (Lipinski definition) is 5. The average Bonchev–Trinajstić information content (AvgIpc) is 3.01. The molecule has 0 aliphatic carbocycles. The smallest absolute Gasteiger partial charge is 0.208 e. The molecule has 0 amide bonds. The molecule has 0 saturated carbocycles. The first kappa shape index (κ1) is 17.1. The molecule has 9 heteroatoms. The lowest BCUT2D eigenvalue weighted by atomic mass is 9.78. The number of fused-ring (bicyclic) bond motifs is 1. The second-order valence-electron chi connectivity index (χ2n) is 5.44. The Morgan fingerprint density at radius 3 is 2.70 bits per heavy atom. The van der Waals surface area contributed by atoms with E-state index in [1.54, 1.807) is 24.3 Å². The molecule has 0 unspecified atom stereocenters.